The molecule has 5 aromatic rings. The number of amides is 1. The lowest BCUT2D eigenvalue weighted by Crippen LogP contribution is -2.23. The van der Waals surface area contributed by atoms with Crippen molar-refractivity contribution in [3.8, 4) is 22.5 Å². The number of nitrogens with one attached hydrogen (secondary N) is 2. The monoisotopic (exact) mass is 586 g/mol. The minimum absolute atomic E-state index is 0.129. The Morgan fingerprint density at radius 2 is 1.72 bits per heavy atom. The second kappa shape index (κ2) is 11.7. The van der Waals surface area contributed by atoms with Crippen LogP contribution in [-0.4, -0.2) is 39.6 Å². The Morgan fingerprint density at radius 1 is 0.953 bits per heavy atom. The zero-order valence-electron chi connectivity index (χ0n) is 22.8. The second-order valence-electron chi connectivity index (χ2n) is 10.4. The number of rotatable bonds is 7. The summed E-state index contributed by atoms with van der Waals surface area (Å²) in [6.45, 7) is 1.49. The number of carbonyl (C=O) groups is 1. The molecule has 1 saturated heterocycles. The van der Waals surface area contributed by atoms with Crippen LogP contribution in [0.4, 0.5) is 28.9 Å². The molecule has 4 aromatic carbocycles. The first-order valence-corrected chi connectivity index (χ1v) is 13.7. The van der Waals surface area contributed by atoms with E-state index in [1.807, 2.05) is 60.7 Å². The maximum Gasteiger partial charge on any atom is 0.416 e. The number of alkyl halides is 3. The number of H-pyrrole nitrogens is 1. The van der Waals surface area contributed by atoms with Gasteiger partial charge in [0.1, 0.15) is 5.82 Å². The average molecular weight is 587 g/mol. The summed E-state index contributed by atoms with van der Waals surface area (Å²) < 4.78 is 53.6. The van der Waals surface area contributed by atoms with E-state index in [0.717, 1.165) is 54.0 Å². The fraction of sp³-hybridized carbons (Fsp3) is 0.188. The van der Waals surface area contributed by atoms with Crippen LogP contribution in [0, 0.1) is 5.82 Å². The van der Waals surface area contributed by atoms with Crippen LogP contribution in [-0.2, 0) is 17.4 Å². The Labute approximate surface area is 244 Å². The van der Waals surface area contributed by atoms with Crippen molar-refractivity contribution < 1.29 is 22.4 Å². The second-order valence-corrected chi connectivity index (χ2v) is 10.4. The van der Waals surface area contributed by atoms with Crippen LogP contribution >= 0.6 is 0 Å². The van der Waals surface area contributed by atoms with Gasteiger partial charge in [-0.25, -0.2) is 4.39 Å². The summed E-state index contributed by atoms with van der Waals surface area (Å²) in [6, 6.07) is 25.6. The van der Waals surface area contributed by atoms with E-state index in [-0.39, 0.29) is 5.56 Å². The van der Waals surface area contributed by atoms with Gasteiger partial charge in [-0.2, -0.15) is 18.4 Å². The summed E-state index contributed by atoms with van der Waals surface area (Å²) in [5.74, 6) is -0.918. The van der Waals surface area contributed by atoms with Gasteiger partial charge in [0, 0.05) is 24.6 Å². The highest BCUT2D eigenvalue weighted by Crippen LogP contribution is 2.39. The average Bonchev–Trinajstić information content (AvgIpc) is 3.72. The van der Waals surface area contributed by atoms with E-state index in [2.05, 4.69) is 43.0 Å². The van der Waals surface area contributed by atoms with Gasteiger partial charge < -0.3 is 10.2 Å². The van der Waals surface area contributed by atoms with Crippen molar-refractivity contribution in [2.75, 3.05) is 23.3 Å². The summed E-state index contributed by atoms with van der Waals surface area (Å²) in [4.78, 5) is 15.4. The van der Waals surface area contributed by atoms with Crippen LogP contribution in [0.25, 0.3) is 22.5 Å². The van der Waals surface area contributed by atoms with Gasteiger partial charge in [0.15, 0.2) is 0 Å². The number of aromatic amines is 1. The summed E-state index contributed by atoms with van der Waals surface area (Å²) in [6.07, 6.45) is -4.18. The highest BCUT2D eigenvalue weighted by atomic mass is 19.4. The van der Waals surface area contributed by atoms with Crippen LogP contribution < -0.4 is 10.2 Å². The van der Waals surface area contributed by atoms with E-state index in [1.165, 1.54) is 5.56 Å². The molecule has 1 aliphatic heterocycles. The third-order valence-electron chi connectivity index (χ3n) is 7.63. The highest BCUT2D eigenvalue weighted by molar-refractivity contribution is 5.97. The summed E-state index contributed by atoms with van der Waals surface area (Å²) >= 11 is 0. The molecule has 0 bridgehead atoms. The van der Waals surface area contributed by atoms with Crippen LogP contribution in [0.2, 0.25) is 0 Å². The zero-order valence-corrected chi connectivity index (χ0v) is 22.8. The molecule has 0 aliphatic carbocycles. The number of hydrogen-bond acceptors (Lipinski definition) is 5. The molecule has 1 fully saturated rings. The number of benzene rings is 4. The van der Waals surface area contributed by atoms with E-state index >= 15 is 0 Å². The minimum atomic E-state index is -4.68. The van der Waals surface area contributed by atoms with Crippen molar-refractivity contribution in [2.45, 2.75) is 24.9 Å². The molecule has 6 rings (SSSR count). The van der Waals surface area contributed by atoms with Gasteiger partial charge in [0.2, 0.25) is 11.7 Å². The summed E-state index contributed by atoms with van der Waals surface area (Å²) in [5, 5.41) is 17.2. The predicted molar refractivity (Wildman–Crippen MR) is 155 cm³/mol. The molecular formula is C32H26F4N6O. The molecule has 1 unspecified atom stereocenters. The highest BCUT2D eigenvalue weighted by Gasteiger charge is 2.31. The molecule has 0 saturated carbocycles. The molecule has 2 heterocycles. The number of tetrazole rings is 1. The molecule has 1 aromatic heterocycles. The maximum atomic E-state index is 14.6. The SMILES string of the molecule is O=C(Cc1ccc(C(F)(F)F)cc1F)Nc1cc(-c2ccccc2-c2nn[nH]n2)ccc1N1CCC(c2ccccc2)C1. The Balaban J connectivity index is 1.32. The first-order chi connectivity index (χ1) is 20.8. The van der Waals surface area contributed by atoms with Gasteiger partial charge in [-0.15, -0.1) is 10.2 Å². The number of nitrogens with zero attached hydrogens (tertiary/aromatic N) is 4. The summed E-state index contributed by atoms with van der Waals surface area (Å²) in [7, 11) is 0. The number of anilines is 2. The van der Waals surface area contributed by atoms with Crippen molar-refractivity contribution in [1.82, 2.24) is 20.6 Å². The molecule has 0 radical (unpaired) electrons. The first kappa shape index (κ1) is 28.1. The van der Waals surface area contributed by atoms with Gasteiger partial charge in [-0.3, -0.25) is 4.79 Å². The van der Waals surface area contributed by atoms with E-state index < -0.39 is 29.9 Å². The Kier molecular flexibility index (Phi) is 7.62. The fourth-order valence-electron chi connectivity index (χ4n) is 5.50. The smallest absolute Gasteiger partial charge is 0.369 e. The number of aromatic nitrogens is 4. The van der Waals surface area contributed by atoms with Gasteiger partial charge in [-0.05, 0) is 58.2 Å². The quantitative estimate of drug-likeness (QED) is 0.203. The molecule has 1 amide bonds. The van der Waals surface area contributed by atoms with Gasteiger partial charge >= 0.3 is 6.18 Å². The van der Waals surface area contributed by atoms with Crippen molar-refractivity contribution in [3.05, 3.63) is 114 Å². The minimum Gasteiger partial charge on any atom is -0.369 e. The Morgan fingerprint density at radius 3 is 2.44 bits per heavy atom. The molecule has 7 nitrogen and oxygen atoms in total. The standard InChI is InChI=1S/C32H26F4N6O/c33-27-18-24(32(34,35)36)12-10-22(27)17-30(43)37-28-16-21(25-8-4-5-9-26(25)31-38-40-41-39-31)11-13-29(28)42-15-14-23(19-42)20-6-2-1-3-7-20/h1-13,16,18,23H,14-15,17,19H2,(H,37,43)(H,38,39,40,41). The number of carbonyl (C=O) groups excluding carboxylic acids is 1. The van der Waals surface area contributed by atoms with Crippen LogP contribution in [0.1, 0.15) is 29.0 Å². The van der Waals surface area contributed by atoms with E-state index in [4.69, 9.17) is 0 Å². The third-order valence-corrected chi connectivity index (χ3v) is 7.63. The van der Waals surface area contributed by atoms with Crippen molar-refractivity contribution in [3.63, 3.8) is 0 Å². The van der Waals surface area contributed by atoms with Crippen LogP contribution in [0.3, 0.4) is 0 Å². The van der Waals surface area contributed by atoms with Gasteiger partial charge in [0.25, 0.3) is 0 Å². The maximum absolute atomic E-state index is 14.6. The molecule has 218 valence electrons. The largest absolute Gasteiger partial charge is 0.416 e. The van der Waals surface area contributed by atoms with Crippen LogP contribution in [0.15, 0.2) is 91.0 Å². The lowest BCUT2D eigenvalue weighted by atomic mass is 9.97. The Hall–Kier alpha value is -5.06. The fourth-order valence-corrected chi connectivity index (χ4v) is 5.50. The molecule has 0 spiro atoms. The predicted octanol–water partition coefficient (Wildman–Crippen LogP) is 6.87. The molecule has 11 heteroatoms. The third kappa shape index (κ3) is 6.11. The normalized spacial score (nSPS) is 15.1. The van der Waals surface area contributed by atoms with E-state index in [1.54, 1.807) is 0 Å². The van der Waals surface area contributed by atoms with Crippen molar-refractivity contribution in [1.29, 1.82) is 0 Å². The van der Waals surface area contributed by atoms with E-state index in [0.29, 0.717) is 23.5 Å². The first-order valence-electron chi connectivity index (χ1n) is 13.7. The van der Waals surface area contributed by atoms with Crippen LogP contribution in [0.5, 0.6) is 0 Å². The number of halogens is 4. The molecule has 1 atom stereocenters. The van der Waals surface area contributed by atoms with Crippen molar-refractivity contribution >= 4 is 17.3 Å². The number of hydrogen-bond donors (Lipinski definition) is 2. The van der Waals surface area contributed by atoms with Gasteiger partial charge in [0.05, 0.1) is 23.4 Å². The molecule has 2 N–H and O–H groups in total. The lowest BCUT2D eigenvalue weighted by molar-refractivity contribution is -0.137. The lowest BCUT2D eigenvalue weighted by Gasteiger charge is -2.24. The van der Waals surface area contributed by atoms with E-state index in [9.17, 15) is 22.4 Å². The Bertz CT molecular complexity index is 1740. The van der Waals surface area contributed by atoms with Gasteiger partial charge in [-0.1, -0.05) is 66.7 Å². The van der Waals surface area contributed by atoms with Crippen molar-refractivity contribution in [2.24, 2.45) is 0 Å². The molecule has 1 aliphatic rings. The molecule has 43 heavy (non-hydrogen) atoms. The molecular weight excluding hydrogens is 560 g/mol. The zero-order chi connectivity index (χ0) is 30.0. The topological polar surface area (TPSA) is 86.8 Å². The summed E-state index contributed by atoms with van der Waals surface area (Å²) in [5.41, 5.74) is 3.62.